The second-order valence-corrected chi connectivity index (χ2v) is 6.64. The minimum Gasteiger partial charge on any atom is -0.381 e. The topological polar surface area (TPSA) is 41.1 Å². The Kier molecular flexibility index (Phi) is 4.36. The molecule has 1 saturated carbocycles. The molecular weight excluding hydrogens is 248 g/mol. The van der Waals surface area contributed by atoms with Crippen LogP contribution in [0.15, 0.2) is 18.2 Å². The Bertz CT molecular complexity index is 494. The molecule has 0 heterocycles. The average Bonchev–Trinajstić information content (AvgIpc) is 2.35. The van der Waals surface area contributed by atoms with Gasteiger partial charge in [0.1, 0.15) is 0 Å². The van der Waals surface area contributed by atoms with Gasteiger partial charge in [-0.05, 0) is 42.9 Å². The molecule has 0 bridgehead atoms. The molecule has 0 saturated heterocycles. The second-order valence-electron chi connectivity index (χ2n) is 6.64. The molecule has 20 heavy (non-hydrogen) atoms. The number of amides is 1. The van der Waals surface area contributed by atoms with E-state index in [1.165, 1.54) is 38.2 Å². The molecule has 2 N–H and O–H groups in total. The Morgan fingerprint density at radius 3 is 2.70 bits per heavy atom. The monoisotopic (exact) mass is 274 g/mol. The SMILES string of the molecule is CC(=O)Nc1ccc(C)c(NC2CCCCC2(C)C)c1. The maximum absolute atomic E-state index is 11.2. The van der Waals surface area contributed by atoms with Gasteiger partial charge in [-0.2, -0.15) is 0 Å². The van der Waals surface area contributed by atoms with Crippen LogP contribution >= 0.6 is 0 Å². The highest BCUT2D eigenvalue weighted by atomic mass is 16.1. The van der Waals surface area contributed by atoms with E-state index in [9.17, 15) is 4.79 Å². The summed E-state index contributed by atoms with van der Waals surface area (Å²) in [5, 5.41) is 6.55. The number of carbonyl (C=O) groups excluding carboxylic acids is 1. The maximum Gasteiger partial charge on any atom is 0.221 e. The third kappa shape index (κ3) is 3.53. The molecule has 1 fully saturated rings. The lowest BCUT2D eigenvalue weighted by molar-refractivity contribution is -0.114. The minimum atomic E-state index is -0.0298. The standard InChI is InChI=1S/C17H26N2O/c1-12-8-9-14(18-13(2)20)11-15(12)19-16-7-5-6-10-17(16,3)4/h8-9,11,16,19H,5-7,10H2,1-4H3,(H,18,20). The predicted molar refractivity (Wildman–Crippen MR) is 85.1 cm³/mol. The van der Waals surface area contributed by atoms with Crippen molar-refractivity contribution in [2.24, 2.45) is 5.41 Å². The molecule has 2 rings (SSSR count). The summed E-state index contributed by atoms with van der Waals surface area (Å²) in [6.45, 7) is 8.33. The van der Waals surface area contributed by atoms with Gasteiger partial charge in [0.25, 0.3) is 0 Å². The van der Waals surface area contributed by atoms with E-state index in [1.807, 2.05) is 12.1 Å². The zero-order chi connectivity index (χ0) is 14.8. The molecule has 1 amide bonds. The van der Waals surface area contributed by atoms with Crippen LogP contribution in [0.2, 0.25) is 0 Å². The highest BCUT2D eigenvalue weighted by Gasteiger charge is 2.32. The van der Waals surface area contributed by atoms with Crippen molar-refractivity contribution < 1.29 is 4.79 Å². The molecule has 1 aliphatic carbocycles. The summed E-state index contributed by atoms with van der Waals surface area (Å²) in [5.41, 5.74) is 3.55. The first-order valence-corrected chi connectivity index (χ1v) is 7.53. The van der Waals surface area contributed by atoms with Crippen molar-refractivity contribution in [2.75, 3.05) is 10.6 Å². The van der Waals surface area contributed by atoms with Crippen molar-refractivity contribution in [3.63, 3.8) is 0 Å². The predicted octanol–water partition coefficient (Wildman–Crippen LogP) is 4.33. The van der Waals surface area contributed by atoms with Gasteiger partial charge in [-0.1, -0.05) is 32.8 Å². The van der Waals surface area contributed by atoms with Gasteiger partial charge in [-0.25, -0.2) is 0 Å². The Morgan fingerprint density at radius 2 is 2.05 bits per heavy atom. The molecule has 0 aromatic heterocycles. The lowest BCUT2D eigenvalue weighted by atomic mass is 9.73. The Morgan fingerprint density at radius 1 is 1.30 bits per heavy atom. The fourth-order valence-electron chi connectivity index (χ4n) is 3.01. The largest absolute Gasteiger partial charge is 0.381 e. The highest BCUT2D eigenvalue weighted by Crippen LogP contribution is 2.38. The van der Waals surface area contributed by atoms with Crippen LogP contribution in [0.4, 0.5) is 11.4 Å². The lowest BCUT2D eigenvalue weighted by Gasteiger charge is -2.40. The molecule has 1 aliphatic rings. The van der Waals surface area contributed by atoms with Crippen molar-refractivity contribution in [1.82, 2.24) is 0 Å². The quantitative estimate of drug-likeness (QED) is 0.861. The first kappa shape index (κ1) is 14.9. The van der Waals surface area contributed by atoms with Crippen LogP contribution in [-0.2, 0) is 4.79 Å². The molecular formula is C17H26N2O. The average molecular weight is 274 g/mol. The van der Waals surface area contributed by atoms with Crippen LogP contribution < -0.4 is 10.6 Å². The normalized spacial score (nSPS) is 21.3. The number of anilines is 2. The maximum atomic E-state index is 11.2. The van der Waals surface area contributed by atoms with Crippen LogP contribution in [0.3, 0.4) is 0 Å². The molecule has 1 aromatic rings. The Hall–Kier alpha value is -1.51. The number of aryl methyl sites for hydroxylation is 1. The fourth-order valence-corrected chi connectivity index (χ4v) is 3.01. The van der Waals surface area contributed by atoms with E-state index in [4.69, 9.17) is 0 Å². The van der Waals surface area contributed by atoms with Crippen molar-refractivity contribution >= 4 is 17.3 Å². The van der Waals surface area contributed by atoms with E-state index < -0.39 is 0 Å². The molecule has 3 heteroatoms. The Labute approximate surface area is 122 Å². The minimum absolute atomic E-state index is 0.0298. The van der Waals surface area contributed by atoms with E-state index in [1.54, 1.807) is 0 Å². The molecule has 1 aromatic carbocycles. The fraction of sp³-hybridized carbons (Fsp3) is 0.588. The number of carbonyl (C=O) groups is 1. The van der Waals surface area contributed by atoms with Gasteiger partial charge >= 0.3 is 0 Å². The van der Waals surface area contributed by atoms with Crippen molar-refractivity contribution in [3.05, 3.63) is 23.8 Å². The van der Waals surface area contributed by atoms with Gasteiger partial charge in [0.2, 0.25) is 5.91 Å². The van der Waals surface area contributed by atoms with E-state index in [0.717, 1.165) is 11.4 Å². The van der Waals surface area contributed by atoms with Gasteiger partial charge in [-0.3, -0.25) is 4.79 Å². The molecule has 1 atom stereocenters. The number of benzene rings is 1. The van der Waals surface area contributed by atoms with E-state index >= 15 is 0 Å². The van der Waals surface area contributed by atoms with Crippen molar-refractivity contribution in [3.8, 4) is 0 Å². The molecule has 0 spiro atoms. The Balaban J connectivity index is 2.17. The zero-order valence-corrected chi connectivity index (χ0v) is 13.0. The van der Waals surface area contributed by atoms with Crippen LogP contribution in [0, 0.1) is 12.3 Å². The van der Waals surface area contributed by atoms with Gasteiger partial charge < -0.3 is 10.6 Å². The smallest absolute Gasteiger partial charge is 0.221 e. The van der Waals surface area contributed by atoms with Crippen LogP contribution in [0.5, 0.6) is 0 Å². The van der Waals surface area contributed by atoms with Crippen molar-refractivity contribution in [2.45, 2.75) is 59.4 Å². The number of nitrogens with one attached hydrogen (secondary N) is 2. The molecule has 3 nitrogen and oxygen atoms in total. The number of rotatable bonds is 3. The van der Waals surface area contributed by atoms with E-state index in [2.05, 4.69) is 37.5 Å². The molecule has 1 unspecified atom stereocenters. The van der Waals surface area contributed by atoms with Crippen LogP contribution in [0.25, 0.3) is 0 Å². The van der Waals surface area contributed by atoms with Gasteiger partial charge in [-0.15, -0.1) is 0 Å². The van der Waals surface area contributed by atoms with E-state index in [0.29, 0.717) is 11.5 Å². The summed E-state index contributed by atoms with van der Waals surface area (Å²) in [6, 6.07) is 6.56. The zero-order valence-electron chi connectivity index (χ0n) is 13.0. The van der Waals surface area contributed by atoms with Crippen molar-refractivity contribution in [1.29, 1.82) is 0 Å². The third-order valence-electron chi connectivity index (χ3n) is 4.39. The van der Waals surface area contributed by atoms with Gasteiger partial charge in [0.15, 0.2) is 0 Å². The van der Waals surface area contributed by atoms with Gasteiger partial charge in [0, 0.05) is 24.3 Å². The summed E-state index contributed by atoms with van der Waals surface area (Å²) >= 11 is 0. The number of hydrogen-bond acceptors (Lipinski definition) is 2. The highest BCUT2D eigenvalue weighted by molar-refractivity contribution is 5.89. The summed E-state index contributed by atoms with van der Waals surface area (Å²) in [4.78, 5) is 11.2. The summed E-state index contributed by atoms with van der Waals surface area (Å²) in [5.74, 6) is -0.0298. The van der Waals surface area contributed by atoms with E-state index in [-0.39, 0.29) is 5.91 Å². The summed E-state index contributed by atoms with van der Waals surface area (Å²) < 4.78 is 0. The summed E-state index contributed by atoms with van der Waals surface area (Å²) in [7, 11) is 0. The van der Waals surface area contributed by atoms with Gasteiger partial charge in [0.05, 0.1) is 0 Å². The van der Waals surface area contributed by atoms with Crippen LogP contribution in [0.1, 0.15) is 52.0 Å². The molecule has 0 aliphatic heterocycles. The van der Waals surface area contributed by atoms with Crippen LogP contribution in [-0.4, -0.2) is 11.9 Å². The third-order valence-corrected chi connectivity index (χ3v) is 4.39. The number of hydrogen-bond donors (Lipinski definition) is 2. The first-order valence-electron chi connectivity index (χ1n) is 7.53. The lowest BCUT2D eigenvalue weighted by Crippen LogP contribution is -2.39. The second kappa shape index (κ2) is 5.86. The summed E-state index contributed by atoms with van der Waals surface area (Å²) in [6.07, 6.45) is 5.12. The first-order chi connectivity index (χ1) is 9.38. The molecule has 110 valence electrons. The molecule has 0 radical (unpaired) electrons.